The van der Waals surface area contributed by atoms with E-state index in [1.807, 2.05) is 0 Å². The zero-order valence-corrected chi connectivity index (χ0v) is 11.1. The number of halogens is 3. The Balaban J connectivity index is 3.03. The predicted molar refractivity (Wildman–Crippen MR) is 63.5 cm³/mol. The molecule has 0 aliphatic rings. The first-order chi connectivity index (χ1) is 7.04. The molecule has 0 aromatic heterocycles. The Kier molecular flexibility index (Phi) is 4.73. The molecule has 0 saturated carbocycles. The Labute approximate surface area is 104 Å². The number of alkyl halides is 2. The fourth-order valence-electron chi connectivity index (χ4n) is 1.08. The number of hydrogen-bond donors (Lipinski definition) is 0. The van der Waals surface area contributed by atoms with Gasteiger partial charge in [-0.15, -0.1) is 0 Å². The number of hydrogen-bond acceptors (Lipinski definition) is 2. The summed E-state index contributed by atoms with van der Waals surface area (Å²) in [5, 5.41) is 0. The van der Waals surface area contributed by atoms with Crippen molar-refractivity contribution in [1.29, 1.82) is 0 Å². The van der Waals surface area contributed by atoms with Crippen LogP contribution in [0.25, 0.3) is 0 Å². The summed E-state index contributed by atoms with van der Waals surface area (Å²) < 4.78 is 17.3. The molecule has 1 rings (SSSR count). The van der Waals surface area contributed by atoms with Crippen molar-refractivity contribution in [3.05, 3.63) is 28.2 Å². The topological polar surface area (TPSA) is 26.3 Å². The molecule has 0 aliphatic carbocycles. The van der Waals surface area contributed by atoms with Crippen molar-refractivity contribution in [3.63, 3.8) is 0 Å². The number of ether oxygens (including phenoxy) is 1. The number of carbonyl (C=O) groups is 1. The Hall–Kier alpha value is -0.420. The second-order valence-corrected chi connectivity index (χ2v) is 5.20. The number of ketones is 1. The van der Waals surface area contributed by atoms with Gasteiger partial charge in [-0.3, -0.25) is 4.79 Å². The highest BCUT2D eigenvalue weighted by molar-refractivity contribution is 9.10. The minimum absolute atomic E-state index is 0.0694. The Morgan fingerprint density at radius 1 is 1.53 bits per heavy atom. The molecule has 1 atom stereocenters. The second-order valence-electron chi connectivity index (χ2n) is 2.91. The Morgan fingerprint density at radius 3 is 2.73 bits per heavy atom. The van der Waals surface area contributed by atoms with Crippen LogP contribution in [0, 0.1) is 0 Å². The van der Waals surface area contributed by atoms with Crippen LogP contribution in [0.1, 0.15) is 17.3 Å². The molecule has 0 radical (unpaired) electrons. The summed E-state index contributed by atoms with van der Waals surface area (Å²) in [6.07, 6.45) is 0. The lowest BCUT2D eigenvalue weighted by atomic mass is 10.1. The molecule has 0 aliphatic heterocycles. The first-order valence-electron chi connectivity index (χ1n) is 4.22. The van der Waals surface area contributed by atoms with Gasteiger partial charge in [0.2, 0.25) is 6.86 Å². The van der Waals surface area contributed by atoms with Gasteiger partial charge >= 0.3 is 0 Å². The van der Waals surface area contributed by atoms with Crippen molar-refractivity contribution < 1.29 is 13.9 Å². The fraction of sp³-hybridized carbons (Fsp3) is 0.300. The maximum Gasteiger partial charge on any atom is 0.228 e. The van der Waals surface area contributed by atoms with E-state index in [0.717, 1.165) is 0 Å². The zero-order chi connectivity index (χ0) is 11.4. The van der Waals surface area contributed by atoms with Gasteiger partial charge in [0.1, 0.15) is 5.75 Å². The molecule has 0 N–H and O–H groups in total. The van der Waals surface area contributed by atoms with Crippen LogP contribution in [0.4, 0.5) is 4.39 Å². The van der Waals surface area contributed by atoms with E-state index in [-0.39, 0.29) is 10.6 Å². The van der Waals surface area contributed by atoms with Crippen molar-refractivity contribution in [2.24, 2.45) is 0 Å². The van der Waals surface area contributed by atoms with Crippen LogP contribution in [0.3, 0.4) is 0 Å². The van der Waals surface area contributed by atoms with Crippen molar-refractivity contribution >= 4 is 37.6 Å². The average Bonchev–Trinajstić information content (AvgIpc) is 2.16. The summed E-state index contributed by atoms with van der Waals surface area (Å²) in [5.41, 5.74) is 0.484. The first kappa shape index (κ1) is 12.6. The van der Waals surface area contributed by atoms with Crippen molar-refractivity contribution in [2.45, 2.75) is 11.8 Å². The molecule has 0 heterocycles. The van der Waals surface area contributed by atoms with E-state index < -0.39 is 6.86 Å². The highest BCUT2D eigenvalue weighted by atomic mass is 79.9. The molecule has 0 bridgehead atoms. The summed E-state index contributed by atoms with van der Waals surface area (Å²) in [6.45, 7) is 0.826. The molecular formula is C10H9Br2FO2. The lowest BCUT2D eigenvalue weighted by Gasteiger charge is -2.07. The van der Waals surface area contributed by atoms with E-state index in [1.54, 1.807) is 19.1 Å². The maximum absolute atomic E-state index is 12.0. The summed E-state index contributed by atoms with van der Waals surface area (Å²) in [5.74, 6) is 0.267. The van der Waals surface area contributed by atoms with Gasteiger partial charge in [-0.1, -0.05) is 31.9 Å². The van der Waals surface area contributed by atoms with Gasteiger partial charge in [0.15, 0.2) is 5.78 Å². The molecule has 0 saturated heterocycles. The van der Waals surface area contributed by atoms with Crippen LogP contribution in [0.15, 0.2) is 22.7 Å². The Morgan fingerprint density at radius 2 is 2.20 bits per heavy atom. The van der Waals surface area contributed by atoms with E-state index in [9.17, 15) is 9.18 Å². The molecular weight excluding hydrogens is 331 g/mol. The van der Waals surface area contributed by atoms with Gasteiger partial charge in [-0.25, -0.2) is 4.39 Å². The van der Waals surface area contributed by atoms with Crippen LogP contribution in [0.2, 0.25) is 0 Å². The van der Waals surface area contributed by atoms with Gasteiger partial charge in [0.05, 0.1) is 4.83 Å². The summed E-state index contributed by atoms with van der Waals surface area (Å²) in [6, 6.07) is 4.80. The monoisotopic (exact) mass is 338 g/mol. The summed E-state index contributed by atoms with van der Waals surface area (Å²) in [7, 11) is 0. The van der Waals surface area contributed by atoms with E-state index in [1.165, 1.54) is 6.07 Å². The SMILES string of the molecule is CC(Br)C(=O)c1cc(Br)cc(OCF)c1. The summed E-state index contributed by atoms with van der Waals surface area (Å²) in [4.78, 5) is 11.4. The van der Waals surface area contributed by atoms with E-state index >= 15 is 0 Å². The maximum atomic E-state index is 12.0. The molecule has 0 fully saturated rings. The normalized spacial score (nSPS) is 12.3. The van der Waals surface area contributed by atoms with Gasteiger partial charge in [-0.05, 0) is 25.1 Å². The van der Waals surface area contributed by atoms with Crippen LogP contribution < -0.4 is 4.74 Å². The third-order valence-corrected chi connectivity index (χ3v) is 2.61. The second kappa shape index (κ2) is 5.61. The van der Waals surface area contributed by atoms with Crippen LogP contribution in [0.5, 0.6) is 5.75 Å². The average molecular weight is 340 g/mol. The lowest BCUT2D eigenvalue weighted by Crippen LogP contribution is -2.10. The third-order valence-electron chi connectivity index (χ3n) is 1.74. The number of Topliss-reactive ketones (excluding diaryl/α,β-unsaturated/α-hetero) is 1. The van der Waals surface area contributed by atoms with Crippen LogP contribution in [-0.4, -0.2) is 17.5 Å². The zero-order valence-electron chi connectivity index (χ0n) is 7.97. The van der Waals surface area contributed by atoms with Crippen molar-refractivity contribution in [3.8, 4) is 5.75 Å². The number of rotatable bonds is 4. The van der Waals surface area contributed by atoms with Gasteiger partial charge in [0, 0.05) is 10.0 Å². The number of carbonyl (C=O) groups excluding carboxylic acids is 1. The van der Waals surface area contributed by atoms with Gasteiger partial charge in [-0.2, -0.15) is 0 Å². The number of benzene rings is 1. The predicted octanol–water partition coefficient (Wildman–Crippen LogP) is 3.72. The molecule has 0 spiro atoms. The molecule has 1 aromatic rings. The third kappa shape index (κ3) is 3.57. The smallest absolute Gasteiger partial charge is 0.228 e. The van der Waals surface area contributed by atoms with Crippen LogP contribution in [-0.2, 0) is 0 Å². The quantitative estimate of drug-likeness (QED) is 0.617. The molecule has 1 unspecified atom stereocenters. The van der Waals surface area contributed by atoms with Gasteiger partial charge < -0.3 is 4.74 Å². The Bertz CT molecular complexity index is 366. The first-order valence-corrected chi connectivity index (χ1v) is 5.93. The largest absolute Gasteiger partial charge is 0.463 e. The van der Waals surface area contributed by atoms with Crippen molar-refractivity contribution in [1.82, 2.24) is 0 Å². The van der Waals surface area contributed by atoms with Crippen LogP contribution >= 0.6 is 31.9 Å². The van der Waals surface area contributed by atoms with E-state index in [2.05, 4.69) is 31.9 Å². The fourth-order valence-corrected chi connectivity index (χ4v) is 1.82. The minimum Gasteiger partial charge on any atom is -0.463 e. The molecule has 1 aromatic carbocycles. The molecule has 0 amide bonds. The molecule has 2 nitrogen and oxygen atoms in total. The summed E-state index contributed by atoms with van der Waals surface area (Å²) >= 11 is 6.42. The highest BCUT2D eigenvalue weighted by Gasteiger charge is 2.13. The molecule has 15 heavy (non-hydrogen) atoms. The minimum atomic E-state index is -0.909. The highest BCUT2D eigenvalue weighted by Crippen LogP contribution is 2.23. The molecule has 82 valence electrons. The van der Waals surface area contributed by atoms with Gasteiger partial charge in [0.25, 0.3) is 0 Å². The van der Waals surface area contributed by atoms with Crippen molar-refractivity contribution in [2.75, 3.05) is 6.86 Å². The van der Waals surface area contributed by atoms with E-state index in [0.29, 0.717) is 15.8 Å². The van der Waals surface area contributed by atoms with E-state index in [4.69, 9.17) is 4.74 Å². The lowest BCUT2D eigenvalue weighted by molar-refractivity contribution is 0.0994. The molecule has 5 heteroatoms. The standard InChI is InChI=1S/C10H9Br2FO2/c1-6(11)10(14)7-2-8(12)4-9(3-7)15-5-13/h2-4,6H,5H2,1H3.